The number of alkyl halides is 3. The maximum absolute atomic E-state index is 12.4. The molecule has 0 bridgehead atoms. The third-order valence-electron chi connectivity index (χ3n) is 2.46. The van der Waals surface area contributed by atoms with Gasteiger partial charge in [0.2, 0.25) is 5.91 Å². The van der Waals surface area contributed by atoms with E-state index < -0.39 is 23.7 Å². The highest BCUT2D eigenvalue weighted by atomic mass is 19.4. The Morgan fingerprint density at radius 1 is 1.35 bits per heavy atom. The Bertz CT molecular complexity index is 511. The van der Waals surface area contributed by atoms with E-state index in [9.17, 15) is 22.8 Å². The minimum absolute atomic E-state index is 0.121. The van der Waals surface area contributed by atoms with Gasteiger partial charge in [-0.1, -0.05) is 0 Å². The molecule has 0 fully saturated rings. The summed E-state index contributed by atoms with van der Waals surface area (Å²) in [6.45, 7) is 0. The molecule has 0 aliphatic carbocycles. The van der Waals surface area contributed by atoms with Crippen LogP contribution >= 0.6 is 0 Å². The fourth-order valence-electron chi connectivity index (χ4n) is 1.74. The van der Waals surface area contributed by atoms with Crippen LogP contribution in [-0.2, 0) is 17.4 Å². The van der Waals surface area contributed by atoms with E-state index in [0.29, 0.717) is 4.90 Å². The minimum atomic E-state index is -4.47. The maximum Gasteiger partial charge on any atom is 0.416 e. The van der Waals surface area contributed by atoms with E-state index in [0.717, 1.165) is 18.2 Å². The first-order valence-electron chi connectivity index (χ1n) is 4.63. The third kappa shape index (κ3) is 1.83. The molecule has 1 aliphatic heterocycles. The van der Waals surface area contributed by atoms with Gasteiger partial charge in [0.1, 0.15) is 0 Å². The molecule has 17 heavy (non-hydrogen) atoms. The average Bonchev–Trinajstić information content (AvgIpc) is 2.50. The van der Waals surface area contributed by atoms with E-state index in [1.54, 1.807) is 0 Å². The maximum atomic E-state index is 12.4. The zero-order valence-corrected chi connectivity index (χ0v) is 8.41. The highest BCUT2D eigenvalue weighted by molar-refractivity contribution is 6.18. The summed E-state index contributed by atoms with van der Waals surface area (Å²) in [5.41, 5.74) is 4.40. The van der Waals surface area contributed by atoms with Gasteiger partial charge in [-0.3, -0.25) is 4.79 Å². The Morgan fingerprint density at radius 3 is 2.53 bits per heavy atom. The molecule has 1 heterocycles. The molecule has 90 valence electrons. The summed E-state index contributed by atoms with van der Waals surface area (Å²) < 4.78 is 37.3. The van der Waals surface area contributed by atoms with Gasteiger partial charge >= 0.3 is 12.2 Å². The SMILES string of the molecule is NC(=O)N1C(=O)Cc2cc(C(F)(F)F)ccc21. The predicted octanol–water partition coefficient (Wildman–Crippen LogP) is 1.67. The minimum Gasteiger partial charge on any atom is -0.351 e. The van der Waals surface area contributed by atoms with Crippen molar-refractivity contribution >= 4 is 17.6 Å². The molecule has 0 aromatic heterocycles. The fraction of sp³-hybridized carbons (Fsp3) is 0.200. The van der Waals surface area contributed by atoms with Crippen LogP contribution in [0.2, 0.25) is 0 Å². The van der Waals surface area contributed by atoms with Crippen LogP contribution in [0, 0.1) is 0 Å². The Labute approximate surface area is 93.8 Å². The summed E-state index contributed by atoms with van der Waals surface area (Å²) in [6, 6.07) is 1.76. The molecule has 0 atom stereocenters. The van der Waals surface area contributed by atoms with Crippen molar-refractivity contribution in [2.45, 2.75) is 12.6 Å². The second-order valence-electron chi connectivity index (χ2n) is 3.59. The van der Waals surface area contributed by atoms with Crippen LogP contribution in [0.25, 0.3) is 0 Å². The van der Waals surface area contributed by atoms with Crippen molar-refractivity contribution in [2.24, 2.45) is 5.73 Å². The van der Waals surface area contributed by atoms with Crippen LogP contribution in [0.5, 0.6) is 0 Å². The molecular weight excluding hydrogens is 237 g/mol. The molecule has 1 aliphatic rings. The summed E-state index contributed by atoms with van der Waals surface area (Å²) in [6.07, 6.45) is -4.72. The number of imide groups is 1. The van der Waals surface area contributed by atoms with E-state index in [2.05, 4.69) is 0 Å². The number of primary amides is 1. The lowest BCUT2D eigenvalue weighted by Gasteiger charge is -2.13. The van der Waals surface area contributed by atoms with E-state index >= 15 is 0 Å². The standard InChI is InChI=1S/C10H7F3N2O2/c11-10(12,13)6-1-2-7-5(3-6)4-8(16)15(7)9(14)17/h1-3H,4H2,(H2,14,17). The molecule has 2 N–H and O–H groups in total. The highest BCUT2D eigenvalue weighted by Gasteiger charge is 2.35. The third-order valence-corrected chi connectivity index (χ3v) is 2.46. The lowest BCUT2D eigenvalue weighted by atomic mass is 10.1. The van der Waals surface area contributed by atoms with Crippen molar-refractivity contribution in [1.29, 1.82) is 0 Å². The van der Waals surface area contributed by atoms with Crippen molar-refractivity contribution in [1.82, 2.24) is 0 Å². The number of amides is 3. The van der Waals surface area contributed by atoms with E-state index in [1.807, 2.05) is 0 Å². The van der Waals surface area contributed by atoms with Crippen molar-refractivity contribution in [3.8, 4) is 0 Å². The van der Waals surface area contributed by atoms with Gasteiger partial charge in [-0.25, -0.2) is 9.69 Å². The molecule has 1 aromatic carbocycles. The number of urea groups is 1. The lowest BCUT2D eigenvalue weighted by molar-refractivity contribution is -0.137. The van der Waals surface area contributed by atoms with Gasteiger partial charge < -0.3 is 5.73 Å². The summed E-state index contributed by atoms with van der Waals surface area (Å²) in [5, 5.41) is 0. The highest BCUT2D eigenvalue weighted by Crippen LogP contribution is 2.35. The van der Waals surface area contributed by atoms with Crippen LogP contribution in [0.1, 0.15) is 11.1 Å². The normalized spacial score (nSPS) is 15.0. The number of nitrogens with two attached hydrogens (primary N) is 1. The molecule has 0 unspecified atom stereocenters. The van der Waals surface area contributed by atoms with Gasteiger partial charge in [0.15, 0.2) is 0 Å². The number of hydrogen-bond donors (Lipinski definition) is 1. The number of nitrogens with zero attached hydrogens (tertiary/aromatic N) is 1. The smallest absolute Gasteiger partial charge is 0.351 e. The first kappa shape index (κ1) is 11.4. The van der Waals surface area contributed by atoms with Crippen molar-refractivity contribution in [3.63, 3.8) is 0 Å². The van der Waals surface area contributed by atoms with Crippen LogP contribution in [0.4, 0.5) is 23.7 Å². The molecular formula is C10H7F3N2O2. The van der Waals surface area contributed by atoms with E-state index in [4.69, 9.17) is 5.73 Å². The van der Waals surface area contributed by atoms with Crippen molar-refractivity contribution < 1.29 is 22.8 Å². The number of fused-ring (bicyclic) bond motifs is 1. The Morgan fingerprint density at radius 2 is 2.00 bits per heavy atom. The molecule has 2 rings (SSSR count). The molecule has 4 nitrogen and oxygen atoms in total. The summed E-state index contributed by atoms with van der Waals surface area (Å²) in [5.74, 6) is -0.619. The van der Waals surface area contributed by atoms with Crippen LogP contribution in [-0.4, -0.2) is 11.9 Å². The van der Waals surface area contributed by atoms with Crippen LogP contribution in [0.3, 0.4) is 0 Å². The zero-order chi connectivity index (χ0) is 12.8. The number of hydrogen-bond acceptors (Lipinski definition) is 2. The van der Waals surface area contributed by atoms with Crippen LogP contribution in [0.15, 0.2) is 18.2 Å². The van der Waals surface area contributed by atoms with E-state index in [1.165, 1.54) is 0 Å². The lowest BCUT2D eigenvalue weighted by Crippen LogP contribution is -2.38. The Kier molecular flexibility index (Phi) is 2.34. The molecule has 1 aromatic rings. The topological polar surface area (TPSA) is 63.4 Å². The summed E-state index contributed by atoms with van der Waals surface area (Å²) >= 11 is 0. The quantitative estimate of drug-likeness (QED) is 0.754. The van der Waals surface area contributed by atoms with Crippen molar-refractivity contribution in [3.05, 3.63) is 29.3 Å². The summed E-state index contributed by atoms with van der Waals surface area (Å²) in [4.78, 5) is 23.0. The molecule has 0 spiro atoms. The van der Waals surface area contributed by atoms with Gasteiger partial charge in [0, 0.05) is 0 Å². The first-order valence-corrected chi connectivity index (χ1v) is 4.63. The van der Waals surface area contributed by atoms with E-state index in [-0.39, 0.29) is 17.7 Å². The van der Waals surface area contributed by atoms with Gasteiger partial charge in [0.25, 0.3) is 0 Å². The zero-order valence-electron chi connectivity index (χ0n) is 8.41. The first-order chi connectivity index (χ1) is 7.80. The molecule has 0 radical (unpaired) electrons. The average molecular weight is 244 g/mol. The van der Waals surface area contributed by atoms with Gasteiger partial charge in [-0.2, -0.15) is 13.2 Å². The number of carbonyl (C=O) groups excluding carboxylic acids is 2. The Hall–Kier alpha value is -2.05. The second-order valence-corrected chi connectivity index (χ2v) is 3.59. The molecule has 3 amide bonds. The van der Waals surface area contributed by atoms with Gasteiger partial charge in [-0.05, 0) is 23.8 Å². The monoisotopic (exact) mass is 244 g/mol. The number of anilines is 1. The molecule has 0 saturated heterocycles. The number of halogens is 3. The van der Waals surface area contributed by atoms with Gasteiger partial charge in [-0.15, -0.1) is 0 Å². The van der Waals surface area contributed by atoms with Crippen molar-refractivity contribution in [2.75, 3.05) is 4.90 Å². The fourth-order valence-corrected chi connectivity index (χ4v) is 1.74. The summed E-state index contributed by atoms with van der Waals surface area (Å²) in [7, 11) is 0. The molecule has 7 heteroatoms. The predicted molar refractivity (Wildman–Crippen MR) is 52.2 cm³/mol. The number of carbonyl (C=O) groups is 2. The largest absolute Gasteiger partial charge is 0.416 e. The number of rotatable bonds is 0. The van der Waals surface area contributed by atoms with Crippen LogP contribution < -0.4 is 10.6 Å². The second kappa shape index (κ2) is 3.47. The van der Waals surface area contributed by atoms with Gasteiger partial charge in [0.05, 0.1) is 17.7 Å². The molecule has 0 saturated carbocycles. The Balaban J connectivity index is 2.48. The number of benzene rings is 1.